The minimum atomic E-state index is -0.182. The Morgan fingerprint density at radius 1 is 0.963 bits per heavy atom. The molecule has 0 spiro atoms. The summed E-state index contributed by atoms with van der Waals surface area (Å²) in [6.45, 7) is 0. The van der Waals surface area contributed by atoms with Crippen LogP contribution >= 0.6 is 0 Å². The van der Waals surface area contributed by atoms with Gasteiger partial charge in [-0.15, -0.1) is 0 Å². The average molecular weight is 354 g/mol. The number of hydrogen-bond acceptors (Lipinski definition) is 3. The number of amides is 1. The van der Waals surface area contributed by atoms with Crippen LogP contribution in [0.15, 0.2) is 83.4 Å². The molecule has 5 rings (SSSR count). The molecule has 4 aromatic rings. The van der Waals surface area contributed by atoms with E-state index in [-0.39, 0.29) is 17.9 Å². The summed E-state index contributed by atoms with van der Waals surface area (Å²) in [5, 5.41) is 4.15. The number of carbonyl (C=O) groups excluding carboxylic acids is 1. The van der Waals surface area contributed by atoms with E-state index in [1.54, 1.807) is 0 Å². The lowest BCUT2D eigenvalue weighted by atomic mass is 9.91. The number of aromatic nitrogens is 1. The number of hydrogen-bond donors (Lipinski definition) is 1. The Balaban J connectivity index is 1.51. The summed E-state index contributed by atoms with van der Waals surface area (Å²) in [6, 6.07) is 23.9. The van der Waals surface area contributed by atoms with Crippen molar-refractivity contribution in [2.24, 2.45) is 0 Å². The fraction of sp³-hybridized carbons (Fsp3) is 0.130. The summed E-state index contributed by atoms with van der Waals surface area (Å²) in [5.41, 5.74) is 3.03. The van der Waals surface area contributed by atoms with E-state index >= 15 is 0 Å². The third kappa shape index (κ3) is 2.89. The van der Waals surface area contributed by atoms with E-state index in [1.807, 2.05) is 72.9 Å². The normalized spacial score (nSPS) is 19.3. The van der Waals surface area contributed by atoms with Crippen molar-refractivity contribution in [2.45, 2.75) is 18.4 Å². The summed E-state index contributed by atoms with van der Waals surface area (Å²) in [7, 11) is 0. The van der Waals surface area contributed by atoms with Gasteiger partial charge >= 0.3 is 0 Å². The van der Waals surface area contributed by atoms with Crippen molar-refractivity contribution >= 4 is 16.8 Å². The molecule has 132 valence electrons. The van der Waals surface area contributed by atoms with Crippen LogP contribution in [-0.4, -0.2) is 10.9 Å². The monoisotopic (exact) mass is 354 g/mol. The predicted molar refractivity (Wildman–Crippen MR) is 104 cm³/mol. The van der Waals surface area contributed by atoms with Gasteiger partial charge in [0, 0.05) is 29.5 Å². The quantitative estimate of drug-likeness (QED) is 0.573. The Hall–Kier alpha value is -3.40. The van der Waals surface area contributed by atoms with Gasteiger partial charge in [0.1, 0.15) is 11.5 Å². The maximum atomic E-state index is 12.2. The molecule has 0 unspecified atom stereocenters. The molecule has 27 heavy (non-hydrogen) atoms. The Labute approximate surface area is 156 Å². The number of rotatable bonds is 3. The molecule has 1 aliphatic rings. The molecule has 1 fully saturated rings. The number of para-hydroxylation sites is 1. The average Bonchev–Trinajstić information content (AvgIpc) is 3.35. The molecule has 4 nitrogen and oxygen atoms in total. The zero-order chi connectivity index (χ0) is 18.2. The van der Waals surface area contributed by atoms with Crippen LogP contribution in [0.4, 0.5) is 0 Å². The maximum Gasteiger partial charge on any atom is 0.221 e. The highest BCUT2D eigenvalue weighted by molar-refractivity contribution is 5.82. The Bertz CT molecular complexity index is 1120. The number of carbonyl (C=O) groups is 1. The molecule has 0 radical (unpaired) electrons. The van der Waals surface area contributed by atoms with Gasteiger partial charge in [-0.1, -0.05) is 48.5 Å². The first-order chi connectivity index (χ1) is 13.3. The third-order valence-electron chi connectivity index (χ3n) is 5.16. The Kier molecular flexibility index (Phi) is 3.75. The topological polar surface area (TPSA) is 55.1 Å². The lowest BCUT2D eigenvalue weighted by Crippen LogP contribution is -2.19. The second-order valence-corrected chi connectivity index (χ2v) is 6.89. The largest absolute Gasteiger partial charge is 0.459 e. The van der Waals surface area contributed by atoms with Gasteiger partial charge in [0.2, 0.25) is 5.91 Å². The molecule has 2 aromatic carbocycles. The first kappa shape index (κ1) is 15.8. The number of pyridine rings is 1. The van der Waals surface area contributed by atoms with Gasteiger partial charge < -0.3 is 9.73 Å². The van der Waals surface area contributed by atoms with Gasteiger partial charge in [-0.2, -0.15) is 0 Å². The van der Waals surface area contributed by atoms with E-state index in [0.717, 1.165) is 33.6 Å². The predicted octanol–water partition coefficient (Wildman–Crippen LogP) is 4.84. The molecular formula is C23H18N2O2. The van der Waals surface area contributed by atoms with Crippen molar-refractivity contribution in [3.63, 3.8) is 0 Å². The molecule has 1 amide bonds. The Morgan fingerprint density at radius 2 is 1.78 bits per heavy atom. The summed E-state index contributed by atoms with van der Waals surface area (Å²) < 4.78 is 6.11. The highest BCUT2D eigenvalue weighted by Crippen LogP contribution is 2.40. The molecule has 0 bridgehead atoms. The van der Waals surface area contributed by atoms with Gasteiger partial charge in [-0.3, -0.25) is 9.78 Å². The summed E-state index contributed by atoms with van der Waals surface area (Å²) in [4.78, 5) is 16.7. The lowest BCUT2D eigenvalue weighted by Gasteiger charge is -2.17. The van der Waals surface area contributed by atoms with Crippen LogP contribution in [0.3, 0.4) is 0 Å². The molecule has 0 saturated carbocycles. The molecule has 2 aromatic heterocycles. The van der Waals surface area contributed by atoms with Crippen molar-refractivity contribution in [3.05, 3.63) is 90.3 Å². The van der Waals surface area contributed by atoms with Crippen LogP contribution in [0.2, 0.25) is 0 Å². The second kappa shape index (κ2) is 6.40. The van der Waals surface area contributed by atoms with Crippen molar-refractivity contribution in [2.75, 3.05) is 0 Å². The molecule has 1 N–H and O–H groups in total. The van der Waals surface area contributed by atoms with E-state index in [9.17, 15) is 4.79 Å². The van der Waals surface area contributed by atoms with Crippen molar-refractivity contribution in [3.8, 4) is 11.3 Å². The molecule has 0 aliphatic carbocycles. The second-order valence-electron chi connectivity index (χ2n) is 6.89. The zero-order valence-corrected chi connectivity index (χ0v) is 14.6. The van der Waals surface area contributed by atoms with E-state index in [2.05, 4.69) is 16.4 Å². The maximum absolute atomic E-state index is 12.2. The van der Waals surface area contributed by atoms with Gasteiger partial charge in [0.25, 0.3) is 0 Å². The summed E-state index contributed by atoms with van der Waals surface area (Å²) in [5.74, 6) is 1.63. The SMILES string of the molecule is O=C1C[C@@H](c2cnc3ccccc3c2)[C@@H](c2ccc(-c3ccccc3)o2)N1. The molecule has 2 atom stereocenters. The summed E-state index contributed by atoms with van der Waals surface area (Å²) >= 11 is 0. The zero-order valence-electron chi connectivity index (χ0n) is 14.6. The van der Waals surface area contributed by atoms with E-state index in [4.69, 9.17) is 4.42 Å². The van der Waals surface area contributed by atoms with Crippen LogP contribution in [0, 0.1) is 0 Å². The highest BCUT2D eigenvalue weighted by atomic mass is 16.3. The van der Waals surface area contributed by atoms with Crippen LogP contribution in [0.1, 0.15) is 29.7 Å². The van der Waals surface area contributed by atoms with Gasteiger partial charge in [0.05, 0.1) is 11.6 Å². The van der Waals surface area contributed by atoms with E-state index in [1.165, 1.54) is 0 Å². The molecule has 3 heterocycles. The molecular weight excluding hydrogens is 336 g/mol. The third-order valence-corrected chi connectivity index (χ3v) is 5.16. The first-order valence-corrected chi connectivity index (χ1v) is 9.07. The van der Waals surface area contributed by atoms with Gasteiger partial charge in [-0.05, 0) is 29.8 Å². The smallest absolute Gasteiger partial charge is 0.221 e. The van der Waals surface area contributed by atoms with Gasteiger partial charge in [0.15, 0.2) is 0 Å². The standard InChI is InChI=1S/C23H18N2O2/c26-22-13-18(17-12-16-8-4-5-9-19(16)24-14-17)23(25-22)21-11-10-20(27-21)15-6-2-1-3-7-15/h1-12,14,18,23H,13H2,(H,25,26)/t18-,23-/m0/s1. The number of nitrogens with zero attached hydrogens (tertiary/aromatic N) is 1. The number of benzene rings is 2. The minimum absolute atomic E-state index is 0.00406. The summed E-state index contributed by atoms with van der Waals surface area (Å²) in [6.07, 6.45) is 2.31. The number of fused-ring (bicyclic) bond motifs is 1. The van der Waals surface area contributed by atoms with Crippen LogP contribution in [-0.2, 0) is 4.79 Å². The van der Waals surface area contributed by atoms with E-state index < -0.39 is 0 Å². The molecule has 1 aliphatic heterocycles. The van der Waals surface area contributed by atoms with Crippen LogP contribution in [0.5, 0.6) is 0 Å². The lowest BCUT2D eigenvalue weighted by molar-refractivity contribution is -0.119. The van der Waals surface area contributed by atoms with Gasteiger partial charge in [-0.25, -0.2) is 0 Å². The molecule has 1 saturated heterocycles. The number of furan rings is 1. The fourth-order valence-electron chi connectivity index (χ4n) is 3.80. The fourth-order valence-corrected chi connectivity index (χ4v) is 3.80. The highest BCUT2D eigenvalue weighted by Gasteiger charge is 2.37. The first-order valence-electron chi connectivity index (χ1n) is 9.07. The minimum Gasteiger partial charge on any atom is -0.459 e. The van der Waals surface area contributed by atoms with Crippen molar-refractivity contribution in [1.29, 1.82) is 0 Å². The molecule has 4 heteroatoms. The number of nitrogens with one attached hydrogen (secondary N) is 1. The van der Waals surface area contributed by atoms with E-state index in [0.29, 0.717) is 6.42 Å². The Morgan fingerprint density at radius 3 is 2.67 bits per heavy atom. The van der Waals surface area contributed by atoms with Crippen LogP contribution in [0.25, 0.3) is 22.2 Å². The van der Waals surface area contributed by atoms with Crippen LogP contribution < -0.4 is 5.32 Å². The van der Waals surface area contributed by atoms with Crippen molar-refractivity contribution < 1.29 is 9.21 Å². The van der Waals surface area contributed by atoms with Crippen molar-refractivity contribution in [1.82, 2.24) is 10.3 Å².